The molecule has 0 fully saturated rings. The number of aromatic nitrogens is 1. The molecule has 1 aromatic heterocycles. The number of fused-ring (bicyclic) bond motifs is 1. The van der Waals surface area contributed by atoms with E-state index >= 15 is 0 Å². The molecule has 0 radical (unpaired) electrons. The van der Waals surface area contributed by atoms with Crippen molar-refractivity contribution in [2.45, 2.75) is 13.3 Å². The van der Waals surface area contributed by atoms with Gasteiger partial charge in [0.1, 0.15) is 5.82 Å². The monoisotopic (exact) mass is 387 g/mol. The predicted molar refractivity (Wildman–Crippen MR) is 92.0 cm³/mol. The highest BCUT2D eigenvalue weighted by molar-refractivity contribution is 9.10. The van der Waals surface area contributed by atoms with Gasteiger partial charge in [0.2, 0.25) is 0 Å². The summed E-state index contributed by atoms with van der Waals surface area (Å²) in [4.78, 5) is 42.1. The van der Waals surface area contributed by atoms with Crippen molar-refractivity contribution in [2.24, 2.45) is 0 Å². The SMILES string of the molecule is CCCN1C(=O)c2ccc(C(=O)Nc3ccc(Br)cn3)cc2C1=O. The van der Waals surface area contributed by atoms with Crippen molar-refractivity contribution >= 4 is 39.5 Å². The first-order valence-corrected chi connectivity index (χ1v) is 8.23. The molecule has 24 heavy (non-hydrogen) atoms. The fourth-order valence-corrected chi connectivity index (χ4v) is 2.73. The van der Waals surface area contributed by atoms with E-state index in [-0.39, 0.29) is 23.3 Å². The van der Waals surface area contributed by atoms with Crippen molar-refractivity contribution in [1.82, 2.24) is 9.88 Å². The van der Waals surface area contributed by atoms with Crippen LogP contribution in [0.25, 0.3) is 0 Å². The molecule has 6 nitrogen and oxygen atoms in total. The molecule has 2 heterocycles. The molecule has 2 aromatic rings. The van der Waals surface area contributed by atoms with Gasteiger partial charge < -0.3 is 5.32 Å². The van der Waals surface area contributed by atoms with Gasteiger partial charge in [-0.1, -0.05) is 6.92 Å². The molecule has 122 valence electrons. The van der Waals surface area contributed by atoms with E-state index in [1.54, 1.807) is 18.3 Å². The molecular weight excluding hydrogens is 374 g/mol. The Kier molecular flexibility index (Phi) is 4.44. The third-order valence-corrected chi connectivity index (χ3v) is 4.12. The summed E-state index contributed by atoms with van der Waals surface area (Å²) >= 11 is 3.27. The highest BCUT2D eigenvalue weighted by atomic mass is 79.9. The van der Waals surface area contributed by atoms with Crippen LogP contribution in [0.2, 0.25) is 0 Å². The van der Waals surface area contributed by atoms with Crippen molar-refractivity contribution < 1.29 is 14.4 Å². The number of carbonyl (C=O) groups excluding carboxylic acids is 3. The van der Waals surface area contributed by atoms with Gasteiger partial charge in [0.15, 0.2) is 0 Å². The van der Waals surface area contributed by atoms with E-state index in [9.17, 15) is 14.4 Å². The van der Waals surface area contributed by atoms with Crippen LogP contribution in [0.1, 0.15) is 44.4 Å². The number of nitrogens with one attached hydrogen (secondary N) is 1. The van der Waals surface area contributed by atoms with E-state index in [4.69, 9.17) is 0 Å². The van der Waals surface area contributed by atoms with Crippen LogP contribution in [-0.4, -0.2) is 34.2 Å². The maximum absolute atomic E-state index is 12.3. The first kappa shape index (κ1) is 16.3. The number of hydrogen-bond donors (Lipinski definition) is 1. The van der Waals surface area contributed by atoms with Crippen molar-refractivity contribution in [2.75, 3.05) is 11.9 Å². The molecule has 0 spiro atoms. The Morgan fingerprint density at radius 3 is 2.58 bits per heavy atom. The second-order valence-electron chi connectivity index (χ2n) is 5.34. The van der Waals surface area contributed by atoms with E-state index in [0.29, 0.717) is 29.9 Å². The number of rotatable bonds is 4. The summed E-state index contributed by atoms with van der Waals surface area (Å²) in [5, 5.41) is 2.66. The number of amides is 3. The second-order valence-corrected chi connectivity index (χ2v) is 6.25. The molecular formula is C17H14BrN3O3. The molecule has 7 heteroatoms. The molecule has 0 unspecified atom stereocenters. The molecule has 0 aliphatic carbocycles. The molecule has 1 aliphatic rings. The average molecular weight is 388 g/mol. The lowest BCUT2D eigenvalue weighted by atomic mass is 10.1. The van der Waals surface area contributed by atoms with Gasteiger partial charge in [-0.25, -0.2) is 4.98 Å². The summed E-state index contributed by atoms with van der Waals surface area (Å²) in [5.74, 6) is -0.646. The lowest BCUT2D eigenvalue weighted by Gasteiger charge is -2.11. The molecule has 1 N–H and O–H groups in total. The highest BCUT2D eigenvalue weighted by Crippen LogP contribution is 2.24. The van der Waals surface area contributed by atoms with Crippen molar-refractivity contribution in [1.29, 1.82) is 0 Å². The van der Waals surface area contributed by atoms with Crippen LogP contribution >= 0.6 is 15.9 Å². The molecule has 1 aromatic carbocycles. The highest BCUT2D eigenvalue weighted by Gasteiger charge is 2.35. The van der Waals surface area contributed by atoms with Gasteiger partial charge in [0.05, 0.1) is 11.1 Å². The Morgan fingerprint density at radius 1 is 1.17 bits per heavy atom. The Labute approximate surface area is 147 Å². The van der Waals surface area contributed by atoms with Crippen LogP contribution in [0.5, 0.6) is 0 Å². The van der Waals surface area contributed by atoms with E-state index in [1.807, 2.05) is 6.92 Å². The molecule has 0 bridgehead atoms. The molecule has 3 rings (SSSR count). The first-order chi connectivity index (χ1) is 11.5. The lowest BCUT2D eigenvalue weighted by molar-refractivity contribution is 0.0654. The smallest absolute Gasteiger partial charge is 0.261 e. The quantitative estimate of drug-likeness (QED) is 0.817. The topological polar surface area (TPSA) is 79.4 Å². The van der Waals surface area contributed by atoms with Crippen LogP contribution in [0.3, 0.4) is 0 Å². The number of halogens is 1. The summed E-state index contributed by atoms with van der Waals surface area (Å²) in [6.07, 6.45) is 2.26. The molecule has 0 saturated heterocycles. The number of benzene rings is 1. The zero-order chi connectivity index (χ0) is 17.3. The van der Waals surface area contributed by atoms with E-state index in [1.165, 1.54) is 23.1 Å². The van der Waals surface area contributed by atoms with E-state index in [2.05, 4.69) is 26.2 Å². The number of carbonyl (C=O) groups is 3. The Bertz CT molecular complexity index is 833. The van der Waals surface area contributed by atoms with Gasteiger partial charge in [-0.2, -0.15) is 0 Å². The number of nitrogens with zero attached hydrogens (tertiary/aromatic N) is 2. The summed E-state index contributed by atoms with van der Waals surface area (Å²) < 4.78 is 0.804. The summed E-state index contributed by atoms with van der Waals surface area (Å²) in [5.41, 5.74) is 0.912. The second kappa shape index (κ2) is 6.52. The van der Waals surface area contributed by atoms with Crippen molar-refractivity contribution in [3.8, 4) is 0 Å². The molecule has 1 aliphatic heterocycles. The van der Waals surface area contributed by atoms with Gasteiger partial charge in [-0.05, 0) is 52.7 Å². The maximum atomic E-state index is 12.3. The van der Waals surface area contributed by atoms with E-state index < -0.39 is 0 Å². The summed E-state index contributed by atoms with van der Waals surface area (Å²) in [6.45, 7) is 2.27. The van der Waals surface area contributed by atoms with Gasteiger partial charge in [0.25, 0.3) is 17.7 Å². The van der Waals surface area contributed by atoms with Crippen molar-refractivity contribution in [3.63, 3.8) is 0 Å². The zero-order valence-corrected chi connectivity index (χ0v) is 14.5. The third kappa shape index (κ3) is 2.94. The molecule has 0 saturated carbocycles. The minimum absolute atomic E-state index is 0.268. The summed E-state index contributed by atoms with van der Waals surface area (Å²) in [6, 6.07) is 7.94. The maximum Gasteiger partial charge on any atom is 0.261 e. The number of hydrogen-bond acceptors (Lipinski definition) is 4. The lowest BCUT2D eigenvalue weighted by Crippen LogP contribution is -2.30. The Hall–Kier alpha value is -2.54. The zero-order valence-electron chi connectivity index (χ0n) is 12.9. The Morgan fingerprint density at radius 2 is 1.92 bits per heavy atom. The minimum atomic E-state index is -0.387. The first-order valence-electron chi connectivity index (χ1n) is 7.44. The molecule has 0 atom stereocenters. The average Bonchev–Trinajstić information content (AvgIpc) is 2.82. The Balaban J connectivity index is 1.84. The minimum Gasteiger partial charge on any atom is -0.307 e. The van der Waals surface area contributed by atoms with Crippen LogP contribution in [0.15, 0.2) is 41.0 Å². The predicted octanol–water partition coefficient (Wildman–Crippen LogP) is 3.10. The number of pyridine rings is 1. The fraction of sp³-hybridized carbons (Fsp3) is 0.176. The van der Waals surface area contributed by atoms with Crippen LogP contribution < -0.4 is 5.32 Å². The van der Waals surface area contributed by atoms with Crippen LogP contribution in [-0.2, 0) is 0 Å². The van der Waals surface area contributed by atoms with Crippen LogP contribution in [0, 0.1) is 0 Å². The van der Waals surface area contributed by atoms with Gasteiger partial charge in [0, 0.05) is 22.8 Å². The number of imide groups is 1. The van der Waals surface area contributed by atoms with Gasteiger partial charge in [-0.15, -0.1) is 0 Å². The summed E-state index contributed by atoms with van der Waals surface area (Å²) in [7, 11) is 0. The number of anilines is 1. The largest absolute Gasteiger partial charge is 0.307 e. The van der Waals surface area contributed by atoms with Gasteiger partial charge in [-0.3, -0.25) is 19.3 Å². The van der Waals surface area contributed by atoms with Gasteiger partial charge >= 0.3 is 0 Å². The standard InChI is InChI=1S/C17H14BrN3O3/c1-2-7-21-16(23)12-5-3-10(8-13(12)17(21)24)15(22)20-14-6-4-11(18)9-19-14/h3-6,8-9H,2,7H2,1H3,(H,19,20,22). The van der Waals surface area contributed by atoms with Crippen molar-refractivity contribution in [3.05, 3.63) is 57.7 Å². The normalized spacial score (nSPS) is 13.2. The fourth-order valence-electron chi connectivity index (χ4n) is 2.50. The molecule has 3 amide bonds. The van der Waals surface area contributed by atoms with Crippen LogP contribution in [0.4, 0.5) is 5.82 Å². The third-order valence-electron chi connectivity index (χ3n) is 3.65. The van der Waals surface area contributed by atoms with E-state index in [0.717, 1.165) is 4.47 Å².